The molecule has 2 atom stereocenters. The van der Waals surface area contributed by atoms with Crippen LogP contribution in [-0.2, 0) is 10.8 Å². The van der Waals surface area contributed by atoms with Crippen molar-refractivity contribution in [2.75, 3.05) is 23.9 Å². The van der Waals surface area contributed by atoms with Crippen LogP contribution >= 0.6 is 0 Å². The zero-order valence-corrected chi connectivity index (χ0v) is 10.7. The first kappa shape index (κ1) is 13.5. The molecule has 0 saturated heterocycles. The van der Waals surface area contributed by atoms with Crippen LogP contribution in [0.3, 0.4) is 0 Å². The number of carbonyl (C=O) groups excluding carboxylic acids is 1. The zero-order valence-electron chi connectivity index (χ0n) is 9.90. The highest BCUT2D eigenvalue weighted by Crippen LogP contribution is 2.22. The minimum absolute atomic E-state index is 0.00614. The van der Waals surface area contributed by atoms with Crippen molar-refractivity contribution >= 4 is 28.1 Å². The molecule has 2 unspecified atom stereocenters. The number of hydrogen-bond donors (Lipinski definition) is 3. The van der Waals surface area contributed by atoms with E-state index in [2.05, 4.69) is 5.32 Å². The van der Waals surface area contributed by atoms with Crippen molar-refractivity contribution in [1.82, 2.24) is 0 Å². The Morgan fingerprint density at radius 3 is 2.71 bits per heavy atom. The molecule has 0 spiro atoms. The Hall–Kier alpha value is -1.56. The molecule has 17 heavy (non-hydrogen) atoms. The molecule has 6 heteroatoms. The van der Waals surface area contributed by atoms with Crippen molar-refractivity contribution in [2.45, 2.75) is 12.2 Å². The molecule has 0 radical (unpaired) electrons. The number of benzene rings is 1. The Bertz CT molecular complexity index is 448. The maximum atomic E-state index is 11.2. The van der Waals surface area contributed by atoms with Gasteiger partial charge in [0.1, 0.15) is 0 Å². The Balaban J connectivity index is 2.82. The van der Waals surface area contributed by atoms with E-state index in [-0.39, 0.29) is 5.25 Å². The number of hydrogen-bond acceptors (Lipinski definition) is 4. The van der Waals surface area contributed by atoms with Crippen LogP contribution in [-0.4, -0.2) is 28.2 Å². The molecule has 0 aromatic heterocycles. The van der Waals surface area contributed by atoms with Crippen LogP contribution in [0.5, 0.6) is 0 Å². The number of primary amides is 1. The second kappa shape index (κ2) is 5.67. The molecular weight excluding hydrogens is 238 g/mol. The van der Waals surface area contributed by atoms with Gasteiger partial charge in [-0.05, 0) is 19.1 Å². The summed E-state index contributed by atoms with van der Waals surface area (Å²) in [6, 6.07) is 5.03. The lowest BCUT2D eigenvalue weighted by Gasteiger charge is -2.14. The first-order chi connectivity index (χ1) is 7.93. The van der Waals surface area contributed by atoms with Gasteiger partial charge in [-0.25, -0.2) is 0 Å². The number of nitrogen functional groups attached to an aromatic ring is 1. The minimum atomic E-state index is -0.900. The highest BCUT2D eigenvalue weighted by atomic mass is 32.2. The van der Waals surface area contributed by atoms with Gasteiger partial charge >= 0.3 is 0 Å². The zero-order chi connectivity index (χ0) is 13.0. The van der Waals surface area contributed by atoms with E-state index in [4.69, 9.17) is 11.5 Å². The predicted molar refractivity (Wildman–Crippen MR) is 71.4 cm³/mol. The van der Waals surface area contributed by atoms with E-state index in [0.29, 0.717) is 23.5 Å². The maximum Gasteiger partial charge on any atom is 0.250 e. The lowest BCUT2D eigenvalue weighted by Crippen LogP contribution is -2.22. The number of rotatable bonds is 5. The third-order valence-corrected chi connectivity index (χ3v) is 3.82. The summed E-state index contributed by atoms with van der Waals surface area (Å²) >= 11 is 0. The molecule has 94 valence electrons. The third kappa shape index (κ3) is 3.45. The van der Waals surface area contributed by atoms with Crippen molar-refractivity contribution in [3.63, 3.8) is 0 Å². The van der Waals surface area contributed by atoms with Crippen LogP contribution in [0.25, 0.3) is 0 Å². The van der Waals surface area contributed by atoms with Crippen molar-refractivity contribution in [3.8, 4) is 0 Å². The molecule has 0 aliphatic carbocycles. The smallest absolute Gasteiger partial charge is 0.250 e. The number of amides is 1. The quantitative estimate of drug-likeness (QED) is 0.669. The molecule has 0 aliphatic heterocycles. The first-order valence-electron chi connectivity index (χ1n) is 5.18. The summed E-state index contributed by atoms with van der Waals surface area (Å²) in [5.74, 6) is -0.557. The molecule has 0 aliphatic rings. The van der Waals surface area contributed by atoms with Crippen LogP contribution in [0.15, 0.2) is 18.2 Å². The number of nitrogens with one attached hydrogen (secondary N) is 1. The molecule has 5 N–H and O–H groups in total. The van der Waals surface area contributed by atoms with E-state index in [1.807, 2.05) is 6.92 Å². The minimum Gasteiger partial charge on any atom is -0.396 e. The van der Waals surface area contributed by atoms with Gasteiger partial charge in [-0.3, -0.25) is 9.00 Å². The van der Waals surface area contributed by atoms with Crippen molar-refractivity contribution < 1.29 is 9.00 Å². The summed E-state index contributed by atoms with van der Waals surface area (Å²) in [5, 5.41) is 3.07. The average Bonchev–Trinajstić information content (AvgIpc) is 2.26. The van der Waals surface area contributed by atoms with Crippen LogP contribution in [0.4, 0.5) is 11.4 Å². The topological polar surface area (TPSA) is 98.2 Å². The Morgan fingerprint density at radius 2 is 2.18 bits per heavy atom. The van der Waals surface area contributed by atoms with Crippen LogP contribution in [0.2, 0.25) is 0 Å². The number of para-hydroxylation sites is 1. The van der Waals surface area contributed by atoms with Crippen LogP contribution < -0.4 is 16.8 Å². The van der Waals surface area contributed by atoms with Gasteiger partial charge in [0.15, 0.2) is 0 Å². The van der Waals surface area contributed by atoms with E-state index in [1.165, 1.54) is 0 Å². The summed E-state index contributed by atoms with van der Waals surface area (Å²) in [7, 11) is -0.900. The lowest BCUT2D eigenvalue weighted by molar-refractivity contribution is 0.100. The fraction of sp³-hybridized carbons (Fsp3) is 0.364. The Labute approximate surface area is 103 Å². The van der Waals surface area contributed by atoms with Gasteiger partial charge in [0.2, 0.25) is 0 Å². The van der Waals surface area contributed by atoms with Crippen LogP contribution in [0, 0.1) is 0 Å². The number of anilines is 2. The first-order valence-corrected chi connectivity index (χ1v) is 6.80. The maximum absolute atomic E-state index is 11.2. The second-order valence-electron chi connectivity index (χ2n) is 3.82. The average molecular weight is 255 g/mol. The van der Waals surface area contributed by atoms with Gasteiger partial charge in [-0.15, -0.1) is 0 Å². The molecule has 0 fully saturated rings. The van der Waals surface area contributed by atoms with E-state index >= 15 is 0 Å². The fourth-order valence-electron chi connectivity index (χ4n) is 1.31. The van der Waals surface area contributed by atoms with Gasteiger partial charge in [-0.1, -0.05) is 6.07 Å². The molecule has 1 aromatic carbocycles. The fourth-order valence-corrected chi connectivity index (χ4v) is 1.62. The second-order valence-corrected chi connectivity index (χ2v) is 5.62. The van der Waals surface area contributed by atoms with Crippen molar-refractivity contribution in [1.29, 1.82) is 0 Å². The summed E-state index contributed by atoms with van der Waals surface area (Å²) in [5.41, 5.74) is 12.3. The highest BCUT2D eigenvalue weighted by Gasteiger charge is 2.11. The Kier molecular flexibility index (Phi) is 4.51. The number of carbonyl (C=O) groups is 1. The summed E-state index contributed by atoms with van der Waals surface area (Å²) in [4.78, 5) is 11.1. The monoisotopic (exact) mass is 255 g/mol. The van der Waals surface area contributed by atoms with Gasteiger partial charge in [0.05, 0.1) is 16.9 Å². The van der Waals surface area contributed by atoms with Gasteiger partial charge in [-0.2, -0.15) is 0 Å². The summed E-state index contributed by atoms with van der Waals surface area (Å²) in [6.45, 7) is 2.40. The van der Waals surface area contributed by atoms with Crippen molar-refractivity contribution in [3.05, 3.63) is 23.8 Å². The molecule has 1 aromatic rings. The van der Waals surface area contributed by atoms with E-state index in [9.17, 15) is 9.00 Å². The summed E-state index contributed by atoms with van der Waals surface area (Å²) < 4.78 is 11.2. The molecule has 0 heterocycles. The molecule has 1 amide bonds. The third-order valence-electron chi connectivity index (χ3n) is 2.52. The molecule has 5 nitrogen and oxygen atoms in total. The standard InChI is InChI=1S/C11H17N3O2S/c1-7(17(2)16)6-14-9-5-3-4-8(10(9)12)11(13)15/h3-5,7,14H,6,12H2,1-2H3,(H2,13,15). The highest BCUT2D eigenvalue weighted by molar-refractivity contribution is 7.84. The largest absolute Gasteiger partial charge is 0.396 e. The van der Waals surface area contributed by atoms with Crippen molar-refractivity contribution in [2.24, 2.45) is 5.73 Å². The van der Waals surface area contributed by atoms with Gasteiger partial charge in [0, 0.05) is 28.9 Å². The summed E-state index contributed by atoms with van der Waals surface area (Å²) in [6.07, 6.45) is 1.65. The van der Waals surface area contributed by atoms with Gasteiger partial charge < -0.3 is 16.8 Å². The van der Waals surface area contributed by atoms with E-state index in [0.717, 1.165) is 0 Å². The predicted octanol–water partition coefficient (Wildman–Crippen LogP) is 0.547. The lowest BCUT2D eigenvalue weighted by atomic mass is 10.1. The van der Waals surface area contributed by atoms with E-state index < -0.39 is 16.7 Å². The Morgan fingerprint density at radius 1 is 1.53 bits per heavy atom. The molecular formula is C11H17N3O2S. The van der Waals surface area contributed by atoms with E-state index in [1.54, 1.807) is 24.5 Å². The molecule has 1 rings (SSSR count). The SMILES string of the molecule is CC(CNc1cccc(C(N)=O)c1N)S(C)=O. The normalized spacial score (nSPS) is 14.0. The molecule has 0 saturated carbocycles. The molecule has 0 bridgehead atoms. The van der Waals surface area contributed by atoms with Crippen LogP contribution in [0.1, 0.15) is 17.3 Å². The number of nitrogens with two attached hydrogens (primary N) is 2. The van der Waals surface area contributed by atoms with Gasteiger partial charge in [0.25, 0.3) is 5.91 Å².